The standard InChI is InChI=1S/C13H16N2O4/c1-17-7-8-18-6-5-12-14-13(19-15-12)10-3-2-4-11(16)9-10/h2-4,9,16H,5-8H2,1H3. The first kappa shape index (κ1) is 13.5. The van der Waals surface area contributed by atoms with Crippen LogP contribution < -0.4 is 0 Å². The van der Waals surface area contributed by atoms with Gasteiger partial charge in [-0.1, -0.05) is 11.2 Å². The molecule has 102 valence electrons. The van der Waals surface area contributed by atoms with E-state index in [-0.39, 0.29) is 5.75 Å². The van der Waals surface area contributed by atoms with Gasteiger partial charge < -0.3 is 19.1 Å². The molecule has 2 rings (SSSR count). The summed E-state index contributed by atoms with van der Waals surface area (Å²) in [5.74, 6) is 1.14. The predicted molar refractivity (Wildman–Crippen MR) is 67.8 cm³/mol. The van der Waals surface area contributed by atoms with Crippen LogP contribution in [-0.2, 0) is 15.9 Å². The molecule has 0 amide bonds. The lowest BCUT2D eigenvalue weighted by atomic mass is 10.2. The lowest BCUT2D eigenvalue weighted by Crippen LogP contribution is -2.05. The van der Waals surface area contributed by atoms with E-state index in [0.29, 0.717) is 43.5 Å². The molecule has 1 heterocycles. The molecule has 1 aromatic heterocycles. The molecule has 0 saturated carbocycles. The first-order chi connectivity index (χ1) is 9.29. The van der Waals surface area contributed by atoms with Crippen LogP contribution in [0.2, 0.25) is 0 Å². The first-order valence-electron chi connectivity index (χ1n) is 5.98. The second-order valence-electron chi connectivity index (χ2n) is 3.92. The van der Waals surface area contributed by atoms with Crippen LogP contribution >= 0.6 is 0 Å². The molecule has 0 bridgehead atoms. The topological polar surface area (TPSA) is 77.6 Å². The molecule has 1 aromatic carbocycles. The Morgan fingerprint density at radius 1 is 1.26 bits per heavy atom. The maximum absolute atomic E-state index is 9.38. The predicted octanol–water partition coefficient (Wildman–Crippen LogP) is 1.65. The molecule has 2 aromatic rings. The number of benzene rings is 1. The molecular weight excluding hydrogens is 248 g/mol. The minimum Gasteiger partial charge on any atom is -0.508 e. The largest absolute Gasteiger partial charge is 0.508 e. The number of hydrogen-bond donors (Lipinski definition) is 1. The minimum atomic E-state index is 0.167. The Labute approximate surface area is 111 Å². The first-order valence-corrected chi connectivity index (χ1v) is 5.98. The Morgan fingerprint density at radius 3 is 2.95 bits per heavy atom. The molecule has 0 radical (unpaired) electrons. The Bertz CT molecular complexity index is 513. The number of phenols is 1. The van der Waals surface area contributed by atoms with Crippen molar-refractivity contribution < 1.29 is 19.1 Å². The number of phenolic OH excluding ortho intramolecular Hbond substituents is 1. The van der Waals surface area contributed by atoms with Crippen molar-refractivity contribution in [1.82, 2.24) is 10.1 Å². The van der Waals surface area contributed by atoms with Gasteiger partial charge in [-0.05, 0) is 18.2 Å². The maximum atomic E-state index is 9.38. The van der Waals surface area contributed by atoms with Gasteiger partial charge in [-0.2, -0.15) is 4.98 Å². The lowest BCUT2D eigenvalue weighted by molar-refractivity contribution is 0.0714. The quantitative estimate of drug-likeness (QED) is 0.766. The second kappa shape index (κ2) is 6.86. The molecule has 0 atom stereocenters. The van der Waals surface area contributed by atoms with E-state index in [2.05, 4.69) is 10.1 Å². The summed E-state index contributed by atoms with van der Waals surface area (Å²) in [6.45, 7) is 1.64. The highest BCUT2D eigenvalue weighted by molar-refractivity contribution is 5.55. The highest BCUT2D eigenvalue weighted by atomic mass is 16.5. The van der Waals surface area contributed by atoms with Crippen molar-refractivity contribution in [1.29, 1.82) is 0 Å². The second-order valence-corrected chi connectivity index (χ2v) is 3.92. The van der Waals surface area contributed by atoms with Gasteiger partial charge in [0, 0.05) is 19.1 Å². The molecule has 0 aliphatic heterocycles. The maximum Gasteiger partial charge on any atom is 0.258 e. The molecule has 0 aliphatic rings. The van der Waals surface area contributed by atoms with Gasteiger partial charge in [0.25, 0.3) is 5.89 Å². The van der Waals surface area contributed by atoms with Gasteiger partial charge in [-0.3, -0.25) is 0 Å². The van der Waals surface area contributed by atoms with Crippen LogP contribution in [0.25, 0.3) is 11.5 Å². The van der Waals surface area contributed by atoms with Crippen LogP contribution in [0.5, 0.6) is 5.75 Å². The highest BCUT2D eigenvalue weighted by Crippen LogP contribution is 2.21. The number of nitrogens with zero attached hydrogens (tertiary/aromatic N) is 2. The third-order valence-electron chi connectivity index (χ3n) is 2.46. The van der Waals surface area contributed by atoms with Gasteiger partial charge in [0.05, 0.1) is 19.8 Å². The summed E-state index contributed by atoms with van der Waals surface area (Å²) in [6, 6.07) is 6.69. The van der Waals surface area contributed by atoms with Crippen LogP contribution in [0.4, 0.5) is 0 Å². The van der Waals surface area contributed by atoms with Crippen molar-refractivity contribution in [2.45, 2.75) is 6.42 Å². The van der Waals surface area contributed by atoms with E-state index >= 15 is 0 Å². The van der Waals surface area contributed by atoms with Gasteiger partial charge in [0.1, 0.15) is 5.75 Å². The Kier molecular flexibility index (Phi) is 4.88. The van der Waals surface area contributed by atoms with Gasteiger partial charge in [0.2, 0.25) is 0 Å². The molecule has 6 nitrogen and oxygen atoms in total. The fraction of sp³-hybridized carbons (Fsp3) is 0.385. The molecule has 0 unspecified atom stereocenters. The SMILES string of the molecule is COCCOCCc1noc(-c2cccc(O)c2)n1. The van der Waals surface area contributed by atoms with Crippen LogP contribution in [0.3, 0.4) is 0 Å². The smallest absolute Gasteiger partial charge is 0.258 e. The third-order valence-corrected chi connectivity index (χ3v) is 2.46. The van der Waals surface area contributed by atoms with Crippen molar-refractivity contribution >= 4 is 0 Å². The van der Waals surface area contributed by atoms with E-state index in [1.807, 2.05) is 0 Å². The molecule has 19 heavy (non-hydrogen) atoms. The molecule has 1 N–H and O–H groups in total. The van der Waals surface area contributed by atoms with Crippen LogP contribution in [0.15, 0.2) is 28.8 Å². The van der Waals surface area contributed by atoms with E-state index < -0.39 is 0 Å². The van der Waals surface area contributed by atoms with E-state index in [1.54, 1.807) is 31.4 Å². The van der Waals surface area contributed by atoms with Crippen LogP contribution in [0.1, 0.15) is 5.82 Å². The fourth-order valence-corrected chi connectivity index (χ4v) is 1.52. The summed E-state index contributed by atoms with van der Waals surface area (Å²) in [7, 11) is 1.63. The molecule has 0 aliphatic carbocycles. The van der Waals surface area contributed by atoms with E-state index in [0.717, 1.165) is 0 Å². The third kappa shape index (κ3) is 4.04. The summed E-state index contributed by atoms with van der Waals surface area (Å²) in [5.41, 5.74) is 0.694. The van der Waals surface area contributed by atoms with Crippen LogP contribution in [-0.4, -0.2) is 42.2 Å². The average Bonchev–Trinajstić information content (AvgIpc) is 2.87. The fourth-order valence-electron chi connectivity index (χ4n) is 1.52. The Morgan fingerprint density at radius 2 is 2.16 bits per heavy atom. The van der Waals surface area contributed by atoms with Crippen molar-refractivity contribution in [2.75, 3.05) is 26.9 Å². The van der Waals surface area contributed by atoms with Crippen molar-refractivity contribution in [3.8, 4) is 17.2 Å². The zero-order chi connectivity index (χ0) is 13.5. The number of hydrogen-bond acceptors (Lipinski definition) is 6. The summed E-state index contributed by atoms with van der Waals surface area (Å²) < 4.78 is 15.3. The molecule has 0 fully saturated rings. The van der Waals surface area contributed by atoms with Crippen molar-refractivity contribution in [2.24, 2.45) is 0 Å². The van der Waals surface area contributed by atoms with Crippen molar-refractivity contribution in [3.05, 3.63) is 30.1 Å². The number of aromatic nitrogens is 2. The van der Waals surface area contributed by atoms with Gasteiger partial charge in [-0.25, -0.2) is 0 Å². The van der Waals surface area contributed by atoms with Crippen molar-refractivity contribution in [3.63, 3.8) is 0 Å². The number of methoxy groups -OCH3 is 1. The summed E-state index contributed by atoms with van der Waals surface area (Å²) in [4.78, 5) is 4.24. The normalized spacial score (nSPS) is 10.8. The van der Waals surface area contributed by atoms with Gasteiger partial charge in [0.15, 0.2) is 5.82 Å². The summed E-state index contributed by atoms with van der Waals surface area (Å²) in [6.07, 6.45) is 0.575. The number of ether oxygens (including phenoxy) is 2. The zero-order valence-electron chi connectivity index (χ0n) is 10.7. The summed E-state index contributed by atoms with van der Waals surface area (Å²) >= 11 is 0. The summed E-state index contributed by atoms with van der Waals surface area (Å²) in [5, 5.41) is 13.2. The highest BCUT2D eigenvalue weighted by Gasteiger charge is 2.09. The van der Waals surface area contributed by atoms with E-state index in [9.17, 15) is 5.11 Å². The minimum absolute atomic E-state index is 0.167. The number of aromatic hydroxyl groups is 1. The zero-order valence-corrected chi connectivity index (χ0v) is 10.7. The van der Waals surface area contributed by atoms with E-state index in [1.165, 1.54) is 0 Å². The Balaban J connectivity index is 1.88. The number of rotatable bonds is 7. The molecular formula is C13H16N2O4. The Hall–Kier alpha value is -1.92. The van der Waals surface area contributed by atoms with E-state index in [4.69, 9.17) is 14.0 Å². The molecule has 0 saturated heterocycles. The van der Waals surface area contributed by atoms with Gasteiger partial charge in [-0.15, -0.1) is 0 Å². The molecule has 0 spiro atoms. The van der Waals surface area contributed by atoms with Crippen LogP contribution in [0, 0.1) is 0 Å². The van der Waals surface area contributed by atoms with Gasteiger partial charge >= 0.3 is 0 Å². The average molecular weight is 264 g/mol. The lowest BCUT2D eigenvalue weighted by Gasteiger charge is -2.00. The molecule has 6 heteroatoms. The monoisotopic (exact) mass is 264 g/mol.